The predicted molar refractivity (Wildman–Crippen MR) is 132 cm³/mol. The second-order valence-corrected chi connectivity index (χ2v) is 9.37. The Balaban J connectivity index is 1.51. The Labute approximate surface area is 204 Å². The lowest BCUT2D eigenvalue weighted by Crippen LogP contribution is -2.31. The van der Waals surface area contributed by atoms with Crippen LogP contribution >= 0.6 is 11.3 Å². The second-order valence-electron chi connectivity index (χ2n) is 8.37. The molecule has 3 N–H and O–H groups in total. The molecule has 1 unspecified atom stereocenters. The SMILES string of the molecule is CN(C)C(=O)c1nc(NCC(N)Cc2ccc(C(F)(F)F)cc2)sc1-c1ccc2cnccc2c1. The van der Waals surface area contributed by atoms with Gasteiger partial charge in [0, 0.05) is 44.5 Å². The molecule has 182 valence electrons. The van der Waals surface area contributed by atoms with E-state index in [1.54, 1.807) is 26.5 Å². The number of pyridine rings is 1. The number of anilines is 1. The van der Waals surface area contributed by atoms with Gasteiger partial charge in [-0.3, -0.25) is 9.78 Å². The van der Waals surface area contributed by atoms with Gasteiger partial charge in [-0.25, -0.2) is 4.98 Å². The summed E-state index contributed by atoms with van der Waals surface area (Å²) >= 11 is 1.35. The van der Waals surface area contributed by atoms with Crippen molar-refractivity contribution in [1.29, 1.82) is 0 Å². The molecule has 6 nitrogen and oxygen atoms in total. The number of carbonyl (C=O) groups is 1. The second kappa shape index (κ2) is 10.0. The number of nitrogens with two attached hydrogens (primary N) is 1. The molecule has 0 aliphatic heterocycles. The zero-order valence-electron chi connectivity index (χ0n) is 19.1. The molecule has 4 aromatic rings. The summed E-state index contributed by atoms with van der Waals surface area (Å²) in [5.74, 6) is -0.215. The van der Waals surface area contributed by atoms with Crippen LogP contribution in [0, 0.1) is 0 Å². The third-order valence-corrected chi connectivity index (χ3v) is 6.50. The number of amides is 1. The Bertz CT molecular complexity index is 1340. The molecule has 1 amide bonds. The van der Waals surface area contributed by atoms with Gasteiger partial charge in [-0.1, -0.05) is 35.6 Å². The van der Waals surface area contributed by atoms with Crippen LogP contribution in [0.5, 0.6) is 0 Å². The van der Waals surface area contributed by atoms with Crippen LogP contribution < -0.4 is 11.1 Å². The number of rotatable bonds is 7. The minimum atomic E-state index is -4.37. The number of hydrogen-bond acceptors (Lipinski definition) is 6. The fraction of sp³-hybridized carbons (Fsp3) is 0.240. The van der Waals surface area contributed by atoms with Crippen molar-refractivity contribution in [2.75, 3.05) is 26.0 Å². The molecule has 1 atom stereocenters. The van der Waals surface area contributed by atoms with Gasteiger partial charge in [0.2, 0.25) is 0 Å². The largest absolute Gasteiger partial charge is 0.416 e. The van der Waals surface area contributed by atoms with Crippen molar-refractivity contribution in [2.45, 2.75) is 18.6 Å². The minimum Gasteiger partial charge on any atom is -0.360 e. The van der Waals surface area contributed by atoms with Gasteiger partial charge >= 0.3 is 6.18 Å². The van der Waals surface area contributed by atoms with Crippen molar-refractivity contribution in [3.8, 4) is 10.4 Å². The first kappa shape index (κ1) is 24.6. The van der Waals surface area contributed by atoms with Gasteiger partial charge in [-0.05, 0) is 47.2 Å². The molecule has 0 radical (unpaired) electrons. The van der Waals surface area contributed by atoms with E-state index >= 15 is 0 Å². The summed E-state index contributed by atoms with van der Waals surface area (Å²) in [7, 11) is 3.34. The van der Waals surface area contributed by atoms with Crippen molar-refractivity contribution in [3.05, 3.63) is 77.7 Å². The molecule has 0 saturated carbocycles. The summed E-state index contributed by atoms with van der Waals surface area (Å²) in [5.41, 5.74) is 7.44. The van der Waals surface area contributed by atoms with Gasteiger partial charge < -0.3 is 16.0 Å². The van der Waals surface area contributed by atoms with Crippen LogP contribution in [-0.2, 0) is 12.6 Å². The van der Waals surface area contributed by atoms with Crippen LogP contribution in [-0.4, -0.2) is 47.5 Å². The number of nitrogens with one attached hydrogen (secondary N) is 1. The van der Waals surface area contributed by atoms with Crippen LogP contribution in [0.15, 0.2) is 60.9 Å². The molecule has 0 spiro atoms. The van der Waals surface area contributed by atoms with E-state index in [-0.39, 0.29) is 11.9 Å². The van der Waals surface area contributed by atoms with Crippen molar-refractivity contribution < 1.29 is 18.0 Å². The third-order valence-electron chi connectivity index (χ3n) is 5.43. The van der Waals surface area contributed by atoms with E-state index in [1.165, 1.54) is 28.4 Å². The molecular formula is C25H24F3N5OS. The smallest absolute Gasteiger partial charge is 0.360 e. The first-order valence-electron chi connectivity index (χ1n) is 10.8. The quantitative estimate of drug-likeness (QED) is 0.371. The van der Waals surface area contributed by atoms with Crippen LogP contribution in [0.2, 0.25) is 0 Å². The maximum Gasteiger partial charge on any atom is 0.416 e. The monoisotopic (exact) mass is 499 g/mol. The highest BCUT2D eigenvalue weighted by Crippen LogP contribution is 2.35. The molecule has 0 saturated heterocycles. The maximum absolute atomic E-state index is 12.8. The zero-order valence-corrected chi connectivity index (χ0v) is 20.0. The van der Waals surface area contributed by atoms with Gasteiger partial charge in [0.1, 0.15) is 5.69 Å². The summed E-state index contributed by atoms with van der Waals surface area (Å²) in [6, 6.07) is 12.4. The van der Waals surface area contributed by atoms with E-state index in [9.17, 15) is 18.0 Å². The molecule has 4 rings (SSSR count). The summed E-state index contributed by atoms with van der Waals surface area (Å²) in [5, 5.41) is 5.72. The highest BCUT2D eigenvalue weighted by Gasteiger charge is 2.30. The molecular weight excluding hydrogens is 475 g/mol. The average Bonchev–Trinajstić information content (AvgIpc) is 3.26. The lowest BCUT2D eigenvalue weighted by molar-refractivity contribution is -0.137. The summed E-state index contributed by atoms with van der Waals surface area (Å²) in [4.78, 5) is 23.7. The first-order chi connectivity index (χ1) is 16.6. The number of hydrogen-bond donors (Lipinski definition) is 2. The number of fused-ring (bicyclic) bond motifs is 1. The Morgan fingerprint density at radius 2 is 1.86 bits per heavy atom. The molecule has 2 heterocycles. The molecule has 0 aliphatic carbocycles. The van der Waals surface area contributed by atoms with E-state index in [0.29, 0.717) is 29.4 Å². The molecule has 2 aromatic carbocycles. The highest BCUT2D eigenvalue weighted by atomic mass is 32.1. The number of benzene rings is 2. The third kappa shape index (κ3) is 5.77. The van der Waals surface area contributed by atoms with Crippen LogP contribution in [0.3, 0.4) is 0 Å². The number of aromatic nitrogens is 2. The Hall–Kier alpha value is -3.50. The molecule has 0 bridgehead atoms. The first-order valence-corrected chi connectivity index (χ1v) is 11.7. The van der Waals surface area contributed by atoms with E-state index in [2.05, 4.69) is 15.3 Å². The Morgan fingerprint density at radius 1 is 1.11 bits per heavy atom. The van der Waals surface area contributed by atoms with Crippen molar-refractivity contribution in [2.24, 2.45) is 5.73 Å². The van der Waals surface area contributed by atoms with Gasteiger partial charge in [0.15, 0.2) is 5.13 Å². The maximum atomic E-state index is 12.8. The van der Waals surface area contributed by atoms with E-state index in [1.807, 2.05) is 24.3 Å². The molecule has 0 aliphatic rings. The fourth-order valence-corrected chi connectivity index (χ4v) is 4.56. The van der Waals surface area contributed by atoms with Gasteiger partial charge in [-0.2, -0.15) is 13.2 Å². The number of halogens is 3. The van der Waals surface area contributed by atoms with Gasteiger partial charge in [-0.15, -0.1) is 0 Å². The van der Waals surface area contributed by atoms with Crippen LogP contribution in [0.25, 0.3) is 21.2 Å². The van der Waals surface area contributed by atoms with Gasteiger partial charge in [0.05, 0.1) is 10.4 Å². The lowest BCUT2D eigenvalue weighted by atomic mass is 10.0. The number of thiazole rings is 1. The topological polar surface area (TPSA) is 84.1 Å². The number of carbonyl (C=O) groups excluding carboxylic acids is 1. The molecule has 35 heavy (non-hydrogen) atoms. The Kier molecular flexibility index (Phi) is 7.04. The van der Waals surface area contributed by atoms with Crippen LogP contribution in [0.1, 0.15) is 21.6 Å². The molecule has 10 heteroatoms. The molecule has 0 fully saturated rings. The summed E-state index contributed by atoms with van der Waals surface area (Å²) in [6.07, 6.45) is -0.474. The number of nitrogens with zero attached hydrogens (tertiary/aromatic N) is 3. The fourth-order valence-electron chi connectivity index (χ4n) is 3.60. The van der Waals surface area contributed by atoms with Crippen molar-refractivity contribution >= 4 is 33.1 Å². The number of alkyl halides is 3. The van der Waals surface area contributed by atoms with Crippen molar-refractivity contribution in [3.63, 3.8) is 0 Å². The standard InChI is InChI=1S/C25H24F3N5OS/c1-33(2)23(34)21-22(17-5-6-18-13-30-10-9-16(18)12-17)35-24(32-21)31-14-20(29)11-15-3-7-19(8-4-15)25(26,27)28/h3-10,12-13,20H,11,14,29H2,1-2H3,(H,31,32). The van der Waals surface area contributed by atoms with E-state index < -0.39 is 11.7 Å². The van der Waals surface area contributed by atoms with E-state index in [4.69, 9.17) is 5.73 Å². The van der Waals surface area contributed by atoms with Gasteiger partial charge in [0.25, 0.3) is 5.91 Å². The van der Waals surface area contributed by atoms with Crippen molar-refractivity contribution in [1.82, 2.24) is 14.9 Å². The predicted octanol–water partition coefficient (Wildman–Crippen LogP) is 5.06. The zero-order chi connectivity index (χ0) is 25.2. The lowest BCUT2D eigenvalue weighted by Gasteiger charge is -2.13. The average molecular weight is 500 g/mol. The highest BCUT2D eigenvalue weighted by molar-refractivity contribution is 7.19. The minimum absolute atomic E-state index is 0.215. The van der Waals surface area contributed by atoms with Crippen LogP contribution in [0.4, 0.5) is 18.3 Å². The normalized spacial score (nSPS) is 12.5. The van der Waals surface area contributed by atoms with E-state index in [0.717, 1.165) is 33.3 Å². The Morgan fingerprint density at radius 3 is 2.54 bits per heavy atom. The molecule has 2 aromatic heterocycles. The summed E-state index contributed by atoms with van der Waals surface area (Å²) in [6.45, 7) is 0.340. The summed E-state index contributed by atoms with van der Waals surface area (Å²) < 4.78 is 38.3.